The molecule has 110 valence electrons. The largest absolute Gasteiger partial charge is 0.353 e. The van der Waals surface area contributed by atoms with Crippen molar-refractivity contribution in [3.63, 3.8) is 0 Å². The van der Waals surface area contributed by atoms with Crippen molar-refractivity contribution in [2.24, 2.45) is 0 Å². The molecule has 0 aliphatic carbocycles. The molecule has 21 heavy (non-hydrogen) atoms. The van der Waals surface area contributed by atoms with Gasteiger partial charge in [-0.05, 0) is 62.5 Å². The smallest absolute Gasteiger partial charge is 0.131 e. The maximum atomic E-state index is 4.55. The summed E-state index contributed by atoms with van der Waals surface area (Å²) in [5, 5.41) is 0. The predicted molar refractivity (Wildman–Crippen MR) is 93.0 cm³/mol. The van der Waals surface area contributed by atoms with E-state index in [1.165, 1.54) is 5.56 Å². The number of piperazine rings is 1. The third-order valence-electron chi connectivity index (χ3n) is 3.63. The molecule has 1 saturated heterocycles. The first kappa shape index (κ1) is 14.8. The van der Waals surface area contributed by atoms with Gasteiger partial charge in [-0.3, -0.25) is 0 Å². The van der Waals surface area contributed by atoms with Gasteiger partial charge >= 0.3 is 0 Å². The third-order valence-corrected chi connectivity index (χ3v) is 4.53. The molecular weight excluding hydrogens is 396 g/mol. The Balaban J connectivity index is 1.68. The van der Waals surface area contributed by atoms with Crippen LogP contribution in [0.4, 0.5) is 11.6 Å². The maximum Gasteiger partial charge on any atom is 0.131 e. The molecule has 0 aromatic carbocycles. The summed E-state index contributed by atoms with van der Waals surface area (Å²) in [5.74, 6) is 2.12. The molecule has 0 saturated carbocycles. The van der Waals surface area contributed by atoms with Crippen LogP contribution < -0.4 is 9.80 Å². The Bertz CT molecular complexity index is 622. The maximum absolute atomic E-state index is 4.55. The van der Waals surface area contributed by atoms with E-state index in [-0.39, 0.29) is 0 Å². The van der Waals surface area contributed by atoms with Crippen LogP contribution in [0, 0.1) is 6.92 Å². The lowest BCUT2D eigenvalue weighted by Crippen LogP contribution is -2.47. The average molecular weight is 412 g/mol. The van der Waals surface area contributed by atoms with E-state index in [0.717, 1.165) is 46.8 Å². The highest BCUT2D eigenvalue weighted by atomic mass is 79.9. The normalized spacial score (nSPS) is 15.4. The van der Waals surface area contributed by atoms with Gasteiger partial charge in [0.2, 0.25) is 0 Å². The van der Waals surface area contributed by atoms with Gasteiger partial charge in [-0.2, -0.15) is 0 Å². The molecule has 2 aromatic heterocycles. The first-order valence-corrected chi connectivity index (χ1v) is 8.46. The van der Waals surface area contributed by atoms with Gasteiger partial charge in [-0.25, -0.2) is 9.97 Å². The molecule has 0 unspecified atom stereocenters. The summed E-state index contributed by atoms with van der Waals surface area (Å²) < 4.78 is 2.04. The van der Waals surface area contributed by atoms with E-state index in [4.69, 9.17) is 0 Å². The molecule has 0 atom stereocenters. The number of halogens is 2. The molecule has 0 spiro atoms. The van der Waals surface area contributed by atoms with Crippen LogP contribution in [0.15, 0.2) is 39.5 Å². The van der Waals surface area contributed by atoms with Crippen LogP contribution in [0.5, 0.6) is 0 Å². The first-order valence-electron chi connectivity index (χ1n) is 6.87. The number of hydrogen-bond acceptors (Lipinski definition) is 4. The third kappa shape index (κ3) is 3.37. The summed E-state index contributed by atoms with van der Waals surface area (Å²) in [5.41, 5.74) is 1.21. The van der Waals surface area contributed by atoms with Crippen molar-refractivity contribution in [2.75, 3.05) is 36.0 Å². The Hall–Kier alpha value is -1.14. The van der Waals surface area contributed by atoms with Gasteiger partial charge in [-0.1, -0.05) is 0 Å². The highest BCUT2D eigenvalue weighted by Gasteiger charge is 2.20. The summed E-state index contributed by atoms with van der Waals surface area (Å²) in [6.45, 7) is 5.97. The van der Waals surface area contributed by atoms with Crippen LogP contribution >= 0.6 is 31.9 Å². The Labute approximate surface area is 141 Å². The lowest BCUT2D eigenvalue weighted by molar-refractivity contribution is 0.640. The van der Waals surface area contributed by atoms with Crippen molar-refractivity contribution >= 4 is 43.5 Å². The standard InChI is InChI=1S/C15H16Br2N4/c1-11-8-13(17)10-19-15(11)21-6-4-20(5-7-21)14-3-2-12(16)9-18-14/h2-3,8-10H,4-7H2,1H3. The number of hydrogen-bond donors (Lipinski definition) is 0. The van der Waals surface area contributed by atoms with Gasteiger partial charge in [-0.15, -0.1) is 0 Å². The number of aromatic nitrogens is 2. The molecule has 4 nitrogen and oxygen atoms in total. The number of aryl methyl sites for hydroxylation is 1. The van der Waals surface area contributed by atoms with Gasteiger partial charge in [0, 0.05) is 47.5 Å². The van der Waals surface area contributed by atoms with Gasteiger partial charge < -0.3 is 9.80 Å². The van der Waals surface area contributed by atoms with Crippen LogP contribution in [0.25, 0.3) is 0 Å². The second-order valence-corrected chi connectivity index (χ2v) is 6.93. The minimum atomic E-state index is 0.964. The molecule has 6 heteroatoms. The van der Waals surface area contributed by atoms with Gasteiger partial charge in [0.15, 0.2) is 0 Å². The summed E-state index contributed by atoms with van der Waals surface area (Å²) in [6.07, 6.45) is 3.72. The second kappa shape index (κ2) is 6.32. The Morgan fingerprint density at radius 3 is 2.19 bits per heavy atom. The molecular formula is C15H16Br2N4. The van der Waals surface area contributed by atoms with E-state index in [9.17, 15) is 0 Å². The van der Waals surface area contributed by atoms with Crippen molar-refractivity contribution in [1.82, 2.24) is 9.97 Å². The van der Waals surface area contributed by atoms with Crippen LogP contribution in [0.2, 0.25) is 0 Å². The zero-order valence-corrected chi connectivity index (χ0v) is 14.9. The van der Waals surface area contributed by atoms with E-state index < -0.39 is 0 Å². The van der Waals surface area contributed by atoms with Gasteiger partial charge in [0.25, 0.3) is 0 Å². The fourth-order valence-electron chi connectivity index (χ4n) is 2.57. The van der Waals surface area contributed by atoms with Crippen LogP contribution in [0.1, 0.15) is 5.56 Å². The lowest BCUT2D eigenvalue weighted by Gasteiger charge is -2.36. The minimum Gasteiger partial charge on any atom is -0.353 e. The van der Waals surface area contributed by atoms with Crippen molar-refractivity contribution in [1.29, 1.82) is 0 Å². The molecule has 0 bridgehead atoms. The minimum absolute atomic E-state index is 0.964. The van der Waals surface area contributed by atoms with Crippen LogP contribution in [0.3, 0.4) is 0 Å². The Morgan fingerprint density at radius 2 is 1.57 bits per heavy atom. The molecule has 0 amide bonds. The lowest BCUT2D eigenvalue weighted by atomic mass is 10.2. The topological polar surface area (TPSA) is 32.3 Å². The zero-order chi connectivity index (χ0) is 14.8. The molecule has 2 aromatic rings. The molecule has 3 rings (SSSR count). The van der Waals surface area contributed by atoms with Crippen molar-refractivity contribution in [3.05, 3.63) is 45.1 Å². The highest BCUT2D eigenvalue weighted by Crippen LogP contribution is 2.23. The highest BCUT2D eigenvalue weighted by molar-refractivity contribution is 9.10. The number of rotatable bonds is 2. The summed E-state index contributed by atoms with van der Waals surface area (Å²) in [7, 11) is 0. The van der Waals surface area contributed by atoms with E-state index in [1.807, 2.05) is 18.5 Å². The van der Waals surface area contributed by atoms with Crippen LogP contribution in [-0.2, 0) is 0 Å². The van der Waals surface area contributed by atoms with Crippen molar-refractivity contribution in [3.8, 4) is 0 Å². The second-order valence-electron chi connectivity index (χ2n) is 5.10. The SMILES string of the molecule is Cc1cc(Br)cnc1N1CCN(c2ccc(Br)cn2)CC1. The number of nitrogens with zero attached hydrogens (tertiary/aromatic N) is 4. The number of pyridine rings is 2. The molecule has 1 aliphatic rings. The molecule has 0 radical (unpaired) electrons. The average Bonchev–Trinajstić information content (AvgIpc) is 2.48. The van der Waals surface area contributed by atoms with Crippen molar-refractivity contribution < 1.29 is 0 Å². The van der Waals surface area contributed by atoms with Gasteiger partial charge in [0.1, 0.15) is 11.6 Å². The van der Waals surface area contributed by atoms with Gasteiger partial charge in [0.05, 0.1) is 0 Å². The Kier molecular flexibility index (Phi) is 4.45. The fraction of sp³-hybridized carbons (Fsp3) is 0.333. The van der Waals surface area contributed by atoms with E-state index in [0.29, 0.717) is 0 Å². The monoisotopic (exact) mass is 410 g/mol. The fourth-order valence-corrected chi connectivity index (χ4v) is 3.25. The van der Waals surface area contributed by atoms with Crippen molar-refractivity contribution in [2.45, 2.75) is 6.92 Å². The zero-order valence-electron chi connectivity index (χ0n) is 11.8. The van der Waals surface area contributed by atoms with E-state index >= 15 is 0 Å². The van der Waals surface area contributed by atoms with Crippen LogP contribution in [-0.4, -0.2) is 36.1 Å². The quantitative estimate of drug-likeness (QED) is 0.755. The summed E-state index contributed by atoms with van der Waals surface area (Å²) in [6, 6.07) is 6.21. The predicted octanol–water partition coefficient (Wildman–Crippen LogP) is 3.64. The molecule has 1 fully saturated rings. The summed E-state index contributed by atoms with van der Waals surface area (Å²) in [4.78, 5) is 13.7. The molecule has 1 aliphatic heterocycles. The van der Waals surface area contributed by atoms with E-state index in [1.54, 1.807) is 0 Å². The van der Waals surface area contributed by atoms with E-state index in [2.05, 4.69) is 70.7 Å². The molecule has 0 N–H and O–H groups in total. The summed E-state index contributed by atoms with van der Waals surface area (Å²) >= 11 is 6.89. The Morgan fingerprint density at radius 1 is 0.905 bits per heavy atom. The first-order chi connectivity index (χ1) is 10.1. The molecule has 3 heterocycles. The number of anilines is 2.